The van der Waals surface area contributed by atoms with Crippen LogP contribution in [0.5, 0.6) is 0 Å². The summed E-state index contributed by atoms with van der Waals surface area (Å²) in [6.07, 6.45) is 1.54. The molecule has 0 unspecified atom stereocenters. The Bertz CT molecular complexity index is 892. The van der Waals surface area contributed by atoms with E-state index in [-0.39, 0.29) is 0 Å². The first-order chi connectivity index (χ1) is 12.4. The van der Waals surface area contributed by atoms with E-state index < -0.39 is 10.0 Å². The van der Waals surface area contributed by atoms with E-state index in [9.17, 15) is 8.42 Å². The Morgan fingerprint density at radius 3 is 2.19 bits per heavy atom. The van der Waals surface area contributed by atoms with Crippen LogP contribution >= 0.6 is 0 Å². The molecule has 2 aromatic rings. The van der Waals surface area contributed by atoms with Gasteiger partial charge in [-0.1, -0.05) is 26.0 Å². The van der Waals surface area contributed by atoms with Gasteiger partial charge in [-0.2, -0.15) is 9.57 Å². The molecule has 0 bridgehead atoms. The van der Waals surface area contributed by atoms with E-state index in [1.807, 2.05) is 23.1 Å². The van der Waals surface area contributed by atoms with Crippen LogP contribution in [0.4, 0.5) is 5.82 Å². The molecular weight excluding hydrogens is 348 g/mol. The quantitative estimate of drug-likeness (QED) is 0.827. The van der Waals surface area contributed by atoms with Crippen molar-refractivity contribution in [3.63, 3.8) is 0 Å². The Kier molecular flexibility index (Phi) is 5.25. The van der Waals surface area contributed by atoms with Crippen LogP contribution in [0.25, 0.3) is 0 Å². The lowest BCUT2D eigenvalue weighted by Gasteiger charge is -2.34. The Labute approximate surface area is 154 Å². The van der Waals surface area contributed by atoms with E-state index in [4.69, 9.17) is 5.26 Å². The van der Waals surface area contributed by atoms with Gasteiger partial charge >= 0.3 is 0 Å². The molecule has 0 saturated carbocycles. The normalized spacial score (nSPS) is 15.8. The van der Waals surface area contributed by atoms with Gasteiger partial charge in [0, 0.05) is 32.4 Å². The summed E-state index contributed by atoms with van der Waals surface area (Å²) in [5, 5.41) is 8.84. The molecule has 0 radical (unpaired) electrons. The van der Waals surface area contributed by atoms with Crippen molar-refractivity contribution in [1.82, 2.24) is 9.29 Å². The van der Waals surface area contributed by atoms with E-state index in [1.54, 1.807) is 24.3 Å². The lowest BCUT2D eigenvalue weighted by atomic mass is 10.0. The molecule has 0 atom stereocenters. The highest BCUT2D eigenvalue weighted by Crippen LogP contribution is 2.22. The zero-order valence-electron chi connectivity index (χ0n) is 15.0. The number of hydrogen-bond acceptors (Lipinski definition) is 5. The monoisotopic (exact) mass is 370 g/mol. The van der Waals surface area contributed by atoms with Gasteiger partial charge in [0.05, 0.1) is 10.5 Å². The minimum atomic E-state index is -3.48. The summed E-state index contributed by atoms with van der Waals surface area (Å²) in [6, 6.07) is 12.7. The highest BCUT2D eigenvalue weighted by atomic mass is 32.2. The van der Waals surface area contributed by atoms with E-state index in [0.717, 1.165) is 11.4 Å². The first kappa shape index (κ1) is 18.4. The number of piperazine rings is 1. The number of nitriles is 1. The first-order valence-electron chi connectivity index (χ1n) is 8.63. The topological polar surface area (TPSA) is 77.3 Å². The number of aromatic nitrogens is 1. The Hall–Kier alpha value is -2.43. The molecular formula is C19H22N4O2S. The second-order valence-corrected chi connectivity index (χ2v) is 8.57. The second kappa shape index (κ2) is 7.44. The molecule has 1 aromatic carbocycles. The number of anilines is 1. The van der Waals surface area contributed by atoms with E-state index in [0.29, 0.717) is 42.6 Å². The van der Waals surface area contributed by atoms with Crippen molar-refractivity contribution >= 4 is 15.8 Å². The van der Waals surface area contributed by atoms with Crippen LogP contribution in [-0.4, -0.2) is 43.9 Å². The van der Waals surface area contributed by atoms with Gasteiger partial charge < -0.3 is 4.90 Å². The molecule has 1 aromatic heterocycles. The molecule has 2 heterocycles. The maximum atomic E-state index is 12.9. The summed E-state index contributed by atoms with van der Waals surface area (Å²) in [4.78, 5) is 6.66. The zero-order valence-corrected chi connectivity index (χ0v) is 15.8. The van der Waals surface area contributed by atoms with Crippen molar-refractivity contribution in [3.05, 3.63) is 53.7 Å². The SMILES string of the molecule is CC(C)c1ccc(S(=O)(=O)N2CCN(c3ccc(C#N)cn3)CC2)cc1. The number of pyridine rings is 1. The smallest absolute Gasteiger partial charge is 0.243 e. The van der Waals surface area contributed by atoms with Gasteiger partial charge in [0.25, 0.3) is 0 Å². The average Bonchev–Trinajstić information content (AvgIpc) is 2.68. The number of nitrogens with zero attached hydrogens (tertiary/aromatic N) is 4. The van der Waals surface area contributed by atoms with Crippen molar-refractivity contribution in [2.24, 2.45) is 0 Å². The van der Waals surface area contributed by atoms with Crippen LogP contribution in [0.3, 0.4) is 0 Å². The molecule has 1 aliphatic heterocycles. The summed E-state index contributed by atoms with van der Waals surface area (Å²) in [7, 11) is -3.48. The van der Waals surface area contributed by atoms with Gasteiger partial charge in [0.1, 0.15) is 11.9 Å². The van der Waals surface area contributed by atoms with E-state index in [1.165, 1.54) is 10.5 Å². The largest absolute Gasteiger partial charge is 0.354 e. The molecule has 6 nitrogen and oxygen atoms in total. The third kappa shape index (κ3) is 3.71. The molecule has 1 saturated heterocycles. The minimum Gasteiger partial charge on any atom is -0.354 e. The van der Waals surface area contributed by atoms with Gasteiger partial charge in [-0.05, 0) is 35.7 Å². The fourth-order valence-electron chi connectivity index (χ4n) is 2.97. The maximum absolute atomic E-state index is 12.9. The summed E-state index contributed by atoms with van der Waals surface area (Å²) in [6.45, 7) is 6.14. The van der Waals surface area contributed by atoms with Crippen molar-refractivity contribution in [2.75, 3.05) is 31.1 Å². The number of benzene rings is 1. The predicted octanol–water partition coefficient (Wildman–Crippen LogP) is 2.59. The standard InChI is InChI=1S/C19H22N4O2S/c1-15(2)17-4-6-18(7-5-17)26(24,25)23-11-9-22(10-12-23)19-8-3-16(13-20)14-21-19/h3-8,14-15H,9-12H2,1-2H3. The first-order valence-corrected chi connectivity index (χ1v) is 10.1. The van der Waals surface area contributed by atoms with E-state index >= 15 is 0 Å². The molecule has 1 fully saturated rings. The van der Waals surface area contributed by atoms with Crippen molar-refractivity contribution < 1.29 is 8.42 Å². The minimum absolute atomic E-state index is 0.340. The van der Waals surface area contributed by atoms with Crippen LogP contribution in [0.1, 0.15) is 30.9 Å². The molecule has 136 valence electrons. The van der Waals surface area contributed by atoms with Gasteiger partial charge in [-0.25, -0.2) is 13.4 Å². The Morgan fingerprint density at radius 2 is 1.69 bits per heavy atom. The second-order valence-electron chi connectivity index (χ2n) is 6.63. The number of sulfonamides is 1. The van der Waals surface area contributed by atoms with Crippen molar-refractivity contribution in [3.8, 4) is 6.07 Å². The van der Waals surface area contributed by atoms with Crippen LogP contribution in [0.15, 0.2) is 47.5 Å². The van der Waals surface area contributed by atoms with Crippen LogP contribution in [0.2, 0.25) is 0 Å². The van der Waals surface area contributed by atoms with Crippen LogP contribution in [0, 0.1) is 11.3 Å². The zero-order chi connectivity index (χ0) is 18.7. The van der Waals surface area contributed by atoms with Gasteiger partial charge in [0.15, 0.2) is 0 Å². The molecule has 26 heavy (non-hydrogen) atoms. The lowest BCUT2D eigenvalue weighted by molar-refractivity contribution is 0.384. The van der Waals surface area contributed by atoms with Crippen molar-refractivity contribution in [2.45, 2.75) is 24.7 Å². The molecule has 7 heteroatoms. The van der Waals surface area contributed by atoms with Crippen molar-refractivity contribution in [1.29, 1.82) is 5.26 Å². The summed E-state index contributed by atoms with van der Waals surface area (Å²) in [5.41, 5.74) is 1.64. The molecule has 0 amide bonds. The highest BCUT2D eigenvalue weighted by molar-refractivity contribution is 7.89. The summed E-state index contributed by atoms with van der Waals surface area (Å²) >= 11 is 0. The molecule has 0 aliphatic carbocycles. The third-order valence-electron chi connectivity index (χ3n) is 4.62. The van der Waals surface area contributed by atoms with Gasteiger partial charge in [-0.15, -0.1) is 0 Å². The van der Waals surface area contributed by atoms with Gasteiger partial charge in [-0.3, -0.25) is 0 Å². The lowest BCUT2D eigenvalue weighted by Crippen LogP contribution is -2.48. The fourth-order valence-corrected chi connectivity index (χ4v) is 4.39. The number of hydrogen-bond donors (Lipinski definition) is 0. The number of rotatable bonds is 4. The predicted molar refractivity (Wildman–Crippen MR) is 100 cm³/mol. The highest BCUT2D eigenvalue weighted by Gasteiger charge is 2.28. The molecule has 3 rings (SSSR count). The van der Waals surface area contributed by atoms with Crippen LogP contribution < -0.4 is 4.90 Å². The third-order valence-corrected chi connectivity index (χ3v) is 6.54. The molecule has 0 spiro atoms. The molecule has 1 aliphatic rings. The Balaban J connectivity index is 1.69. The fraction of sp³-hybridized carbons (Fsp3) is 0.368. The maximum Gasteiger partial charge on any atom is 0.243 e. The van der Waals surface area contributed by atoms with E-state index in [2.05, 4.69) is 18.8 Å². The van der Waals surface area contributed by atoms with Gasteiger partial charge in [0.2, 0.25) is 10.0 Å². The molecule has 0 N–H and O–H groups in total. The Morgan fingerprint density at radius 1 is 1.04 bits per heavy atom. The summed E-state index contributed by atoms with van der Waals surface area (Å²) in [5.74, 6) is 1.14. The van der Waals surface area contributed by atoms with Crippen LogP contribution in [-0.2, 0) is 10.0 Å². The average molecular weight is 370 g/mol. The summed E-state index contributed by atoms with van der Waals surface area (Å²) < 4.78 is 27.2.